The van der Waals surface area contributed by atoms with Crippen molar-refractivity contribution in [2.45, 2.75) is 32.4 Å². The van der Waals surface area contributed by atoms with Crippen molar-refractivity contribution in [2.75, 3.05) is 13.7 Å². The monoisotopic (exact) mass is 301 g/mol. The third-order valence-corrected chi connectivity index (χ3v) is 3.40. The lowest BCUT2D eigenvalue weighted by Gasteiger charge is -2.16. The predicted molar refractivity (Wildman–Crippen MR) is 73.3 cm³/mol. The molecule has 1 rings (SSSR count). The maximum Gasteiger partial charge on any atom is 0.133 e. The summed E-state index contributed by atoms with van der Waals surface area (Å²) in [7, 11) is 1.66. The van der Waals surface area contributed by atoms with Gasteiger partial charge in [0.2, 0.25) is 0 Å². The molecule has 1 atom stereocenters. The lowest BCUT2D eigenvalue weighted by atomic mass is 10.1. The lowest BCUT2D eigenvalue weighted by Crippen LogP contribution is -2.28. The minimum atomic E-state index is 0.234. The Hall–Kier alpha value is -0.580. The standard InChI is InChI=1S/C13H20BrNO2/c1-3-11(6-7-16)15-9-10-4-5-13(17-2)12(14)8-10/h4-5,8,11,15-16H,3,6-7,9H2,1-2H3. The van der Waals surface area contributed by atoms with Gasteiger partial charge in [-0.3, -0.25) is 0 Å². The molecule has 0 radical (unpaired) electrons. The van der Waals surface area contributed by atoms with Crippen molar-refractivity contribution in [2.24, 2.45) is 0 Å². The number of hydrogen-bond acceptors (Lipinski definition) is 3. The molecule has 0 spiro atoms. The van der Waals surface area contributed by atoms with Gasteiger partial charge in [0, 0.05) is 19.2 Å². The van der Waals surface area contributed by atoms with Crippen LogP contribution in [0.25, 0.3) is 0 Å². The minimum absolute atomic E-state index is 0.234. The quantitative estimate of drug-likeness (QED) is 0.814. The molecule has 0 aliphatic rings. The fourth-order valence-corrected chi connectivity index (χ4v) is 2.28. The summed E-state index contributed by atoms with van der Waals surface area (Å²) < 4.78 is 6.15. The highest BCUT2D eigenvalue weighted by Gasteiger charge is 2.06. The van der Waals surface area contributed by atoms with Crippen LogP contribution in [0.4, 0.5) is 0 Å². The van der Waals surface area contributed by atoms with Crippen molar-refractivity contribution in [3.63, 3.8) is 0 Å². The minimum Gasteiger partial charge on any atom is -0.496 e. The number of halogens is 1. The van der Waals surface area contributed by atoms with Gasteiger partial charge in [0.1, 0.15) is 5.75 Å². The summed E-state index contributed by atoms with van der Waals surface area (Å²) in [5.41, 5.74) is 1.20. The molecule has 1 aromatic carbocycles. The fourth-order valence-electron chi connectivity index (χ4n) is 1.69. The Labute approximate surface area is 111 Å². The van der Waals surface area contributed by atoms with Gasteiger partial charge in [-0.2, -0.15) is 0 Å². The van der Waals surface area contributed by atoms with Crippen molar-refractivity contribution in [1.82, 2.24) is 5.32 Å². The average Bonchev–Trinajstić information content (AvgIpc) is 2.34. The molecule has 0 heterocycles. The maximum absolute atomic E-state index is 8.91. The highest BCUT2D eigenvalue weighted by Crippen LogP contribution is 2.25. The van der Waals surface area contributed by atoms with E-state index in [2.05, 4.69) is 34.2 Å². The van der Waals surface area contributed by atoms with Gasteiger partial charge in [-0.05, 0) is 46.5 Å². The average molecular weight is 302 g/mol. The Morgan fingerprint density at radius 1 is 1.47 bits per heavy atom. The van der Waals surface area contributed by atoms with E-state index in [-0.39, 0.29) is 6.61 Å². The topological polar surface area (TPSA) is 41.5 Å². The molecule has 0 aliphatic heterocycles. The van der Waals surface area contributed by atoms with Crippen LogP contribution in [0, 0.1) is 0 Å². The molecule has 0 bridgehead atoms. The van der Waals surface area contributed by atoms with E-state index in [1.54, 1.807) is 7.11 Å². The molecular weight excluding hydrogens is 282 g/mol. The molecule has 96 valence electrons. The molecule has 0 saturated carbocycles. The summed E-state index contributed by atoms with van der Waals surface area (Å²) >= 11 is 3.47. The number of hydrogen-bond donors (Lipinski definition) is 2. The van der Waals surface area contributed by atoms with Crippen molar-refractivity contribution in [3.05, 3.63) is 28.2 Å². The molecule has 3 nitrogen and oxygen atoms in total. The largest absolute Gasteiger partial charge is 0.496 e. The summed E-state index contributed by atoms with van der Waals surface area (Å²) in [4.78, 5) is 0. The highest BCUT2D eigenvalue weighted by atomic mass is 79.9. The van der Waals surface area contributed by atoms with Crippen LogP contribution in [0.15, 0.2) is 22.7 Å². The Morgan fingerprint density at radius 3 is 2.76 bits per heavy atom. The Kier molecular flexibility index (Phi) is 6.55. The van der Waals surface area contributed by atoms with E-state index in [0.29, 0.717) is 6.04 Å². The molecule has 0 saturated heterocycles. The Balaban J connectivity index is 2.54. The SMILES string of the molecule is CCC(CCO)NCc1ccc(OC)c(Br)c1. The normalized spacial score (nSPS) is 12.5. The van der Waals surface area contributed by atoms with Gasteiger partial charge >= 0.3 is 0 Å². The third-order valence-electron chi connectivity index (χ3n) is 2.78. The Morgan fingerprint density at radius 2 is 2.24 bits per heavy atom. The van der Waals surface area contributed by atoms with E-state index in [4.69, 9.17) is 9.84 Å². The lowest BCUT2D eigenvalue weighted by molar-refractivity contribution is 0.262. The molecule has 0 aliphatic carbocycles. The summed E-state index contributed by atoms with van der Waals surface area (Å²) in [6.07, 6.45) is 1.83. The number of nitrogens with one attached hydrogen (secondary N) is 1. The first-order chi connectivity index (χ1) is 8.21. The zero-order valence-corrected chi connectivity index (χ0v) is 12.0. The van der Waals surface area contributed by atoms with Crippen molar-refractivity contribution >= 4 is 15.9 Å². The van der Waals surface area contributed by atoms with Crippen LogP contribution in [0.2, 0.25) is 0 Å². The van der Waals surface area contributed by atoms with Crippen LogP contribution in [0.5, 0.6) is 5.75 Å². The number of aliphatic hydroxyl groups excluding tert-OH is 1. The van der Waals surface area contributed by atoms with Crippen LogP contribution in [0.1, 0.15) is 25.3 Å². The second-order valence-electron chi connectivity index (χ2n) is 3.97. The first-order valence-electron chi connectivity index (χ1n) is 5.88. The molecular formula is C13H20BrNO2. The fraction of sp³-hybridized carbons (Fsp3) is 0.538. The summed E-state index contributed by atoms with van der Waals surface area (Å²) in [5, 5.41) is 12.3. The summed E-state index contributed by atoms with van der Waals surface area (Å²) in [6.45, 7) is 3.16. The van der Waals surface area contributed by atoms with Gasteiger partial charge in [-0.1, -0.05) is 13.0 Å². The van der Waals surface area contributed by atoms with E-state index >= 15 is 0 Å². The van der Waals surface area contributed by atoms with Crippen molar-refractivity contribution in [1.29, 1.82) is 0 Å². The first-order valence-corrected chi connectivity index (χ1v) is 6.67. The van der Waals surface area contributed by atoms with Crippen LogP contribution in [-0.4, -0.2) is 24.9 Å². The molecule has 1 aromatic rings. The van der Waals surface area contributed by atoms with E-state index < -0.39 is 0 Å². The van der Waals surface area contributed by atoms with Gasteiger partial charge in [0.05, 0.1) is 11.6 Å². The predicted octanol–water partition coefficient (Wildman–Crippen LogP) is 2.71. The van der Waals surface area contributed by atoms with Gasteiger partial charge in [0.15, 0.2) is 0 Å². The van der Waals surface area contributed by atoms with Gasteiger partial charge in [0.25, 0.3) is 0 Å². The molecule has 4 heteroatoms. The maximum atomic E-state index is 8.91. The van der Waals surface area contributed by atoms with Gasteiger partial charge in [-0.15, -0.1) is 0 Å². The number of ether oxygens (including phenoxy) is 1. The molecule has 1 unspecified atom stereocenters. The van der Waals surface area contributed by atoms with Gasteiger partial charge in [-0.25, -0.2) is 0 Å². The molecule has 0 amide bonds. The van der Waals surface area contributed by atoms with Crippen molar-refractivity contribution < 1.29 is 9.84 Å². The van der Waals surface area contributed by atoms with E-state index in [0.717, 1.165) is 29.6 Å². The van der Waals surface area contributed by atoms with Crippen LogP contribution in [0.3, 0.4) is 0 Å². The second-order valence-corrected chi connectivity index (χ2v) is 4.82. The molecule has 17 heavy (non-hydrogen) atoms. The summed E-state index contributed by atoms with van der Waals surface area (Å²) in [6, 6.07) is 6.43. The Bertz CT molecular complexity index is 344. The second kappa shape index (κ2) is 7.69. The van der Waals surface area contributed by atoms with Crippen LogP contribution >= 0.6 is 15.9 Å². The third kappa shape index (κ3) is 4.66. The molecule has 0 aromatic heterocycles. The highest BCUT2D eigenvalue weighted by molar-refractivity contribution is 9.10. The zero-order chi connectivity index (χ0) is 12.7. The van der Waals surface area contributed by atoms with Gasteiger partial charge < -0.3 is 15.2 Å². The number of aliphatic hydroxyl groups is 1. The number of rotatable bonds is 7. The first kappa shape index (κ1) is 14.5. The zero-order valence-electron chi connectivity index (χ0n) is 10.4. The van der Waals surface area contributed by atoms with E-state index in [1.165, 1.54) is 5.56 Å². The van der Waals surface area contributed by atoms with Crippen LogP contribution < -0.4 is 10.1 Å². The van der Waals surface area contributed by atoms with E-state index in [9.17, 15) is 0 Å². The summed E-state index contributed by atoms with van der Waals surface area (Å²) in [5.74, 6) is 0.844. The van der Waals surface area contributed by atoms with Crippen LogP contribution in [-0.2, 0) is 6.54 Å². The molecule has 0 fully saturated rings. The number of benzene rings is 1. The smallest absolute Gasteiger partial charge is 0.133 e. The van der Waals surface area contributed by atoms with E-state index in [1.807, 2.05) is 12.1 Å². The molecule has 2 N–H and O–H groups in total. The van der Waals surface area contributed by atoms with Crippen molar-refractivity contribution in [3.8, 4) is 5.75 Å². The number of methoxy groups -OCH3 is 1.